The lowest BCUT2D eigenvalue weighted by molar-refractivity contribution is 0.122. The molecule has 3 aromatic heterocycles. The molecule has 0 amide bonds. The standard InChI is InChI=1S/C18H19N7O/c1-24-15-11-12(20-17-16-14(21-22-17)3-2-6-19-16)4-5-13(15)18(23-24)25-7-9-26-10-8-25/h2-6,11H,7-10H2,1H3,(H2,20,21,22). The van der Waals surface area contributed by atoms with Gasteiger partial charge in [0.1, 0.15) is 5.52 Å². The van der Waals surface area contributed by atoms with E-state index in [1.807, 2.05) is 23.9 Å². The summed E-state index contributed by atoms with van der Waals surface area (Å²) in [4.78, 5) is 6.67. The molecule has 4 heterocycles. The van der Waals surface area contributed by atoms with Gasteiger partial charge in [0.15, 0.2) is 11.6 Å². The van der Waals surface area contributed by atoms with Gasteiger partial charge >= 0.3 is 0 Å². The van der Waals surface area contributed by atoms with Crippen molar-refractivity contribution >= 4 is 39.3 Å². The number of rotatable bonds is 3. The molecule has 2 N–H and O–H groups in total. The Hall–Kier alpha value is -3.13. The zero-order valence-electron chi connectivity index (χ0n) is 14.4. The third kappa shape index (κ3) is 2.46. The van der Waals surface area contributed by atoms with Crippen molar-refractivity contribution in [2.45, 2.75) is 0 Å². The molecule has 8 nitrogen and oxygen atoms in total. The molecule has 0 radical (unpaired) electrons. The number of hydrogen-bond acceptors (Lipinski definition) is 6. The Balaban J connectivity index is 1.51. The quantitative estimate of drug-likeness (QED) is 0.591. The number of hydrogen-bond donors (Lipinski definition) is 2. The zero-order valence-corrected chi connectivity index (χ0v) is 14.4. The van der Waals surface area contributed by atoms with E-state index in [0.717, 1.165) is 65.6 Å². The van der Waals surface area contributed by atoms with Gasteiger partial charge in [-0.1, -0.05) is 0 Å². The number of benzene rings is 1. The van der Waals surface area contributed by atoms with Gasteiger partial charge in [0.2, 0.25) is 0 Å². The van der Waals surface area contributed by atoms with E-state index in [9.17, 15) is 0 Å². The van der Waals surface area contributed by atoms with Crippen LogP contribution in [0, 0.1) is 0 Å². The van der Waals surface area contributed by atoms with Gasteiger partial charge < -0.3 is 15.0 Å². The molecule has 1 saturated heterocycles. The lowest BCUT2D eigenvalue weighted by atomic mass is 10.2. The van der Waals surface area contributed by atoms with E-state index in [-0.39, 0.29) is 0 Å². The van der Waals surface area contributed by atoms with Gasteiger partial charge in [-0.05, 0) is 30.3 Å². The predicted molar refractivity (Wildman–Crippen MR) is 101 cm³/mol. The second-order valence-electron chi connectivity index (χ2n) is 6.38. The lowest BCUT2D eigenvalue weighted by Crippen LogP contribution is -2.36. The van der Waals surface area contributed by atoms with Gasteiger partial charge in [0, 0.05) is 37.4 Å². The number of anilines is 3. The highest BCUT2D eigenvalue weighted by molar-refractivity contribution is 5.94. The van der Waals surface area contributed by atoms with Crippen LogP contribution in [0.4, 0.5) is 17.3 Å². The molecule has 0 spiro atoms. The van der Waals surface area contributed by atoms with E-state index >= 15 is 0 Å². The maximum atomic E-state index is 5.45. The molecule has 26 heavy (non-hydrogen) atoms. The van der Waals surface area contributed by atoms with Gasteiger partial charge in [-0.25, -0.2) is 0 Å². The molecular weight excluding hydrogens is 330 g/mol. The van der Waals surface area contributed by atoms with Crippen molar-refractivity contribution < 1.29 is 4.74 Å². The number of nitrogens with zero attached hydrogens (tertiary/aromatic N) is 5. The number of aromatic amines is 1. The Kier molecular flexibility index (Phi) is 3.49. The molecule has 0 aliphatic carbocycles. The van der Waals surface area contributed by atoms with E-state index in [1.165, 1.54) is 0 Å². The molecule has 8 heteroatoms. The van der Waals surface area contributed by atoms with Gasteiger partial charge in [-0.3, -0.25) is 14.8 Å². The van der Waals surface area contributed by atoms with Crippen LogP contribution >= 0.6 is 0 Å². The van der Waals surface area contributed by atoms with Crippen LogP contribution in [0.2, 0.25) is 0 Å². The fraction of sp³-hybridized carbons (Fsp3) is 0.278. The molecule has 1 aromatic carbocycles. The molecule has 5 rings (SSSR count). The van der Waals surface area contributed by atoms with Crippen molar-refractivity contribution in [1.82, 2.24) is 25.0 Å². The second kappa shape index (κ2) is 5.99. The van der Waals surface area contributed by atoms with E-state index in [4.69, 9.17) is 9.84 Å². The summed E-state index contributed by atoms with van der Waals surface area (Å²) in [5.41, 5.74) is 3.76. The van der Waals surface area contributed by atoms with Crippen molar-refractivity contribution in [3.05, 3.63) is 36.5 Å². The Morgan fingerprint density at radius 2 is 2.08 bits per heavy atom. The summed E-state index contributed by atoms with van der Waals surface area (Å²) in [6.07, 6.45) is 1.77. The van der Waals surface area contributed by atoms with Crippen LogP contribution in [0.5, 0.6) is 0 Å². The van der Waals surface area contributed by atoms with E-state index in [0.29, 0.717) is 0 Å². The van der Waals surface area contributed by atoms with Gasteiger partial charge in [0.05, 0.1) is 24.2 Å². The number of aryl methyl sites for hydroxylation is 1. The summed E-state index contributed by atoms with van der Waals surface area (Å²) in [6.45, 7) is 3.24. The van der Waals surface area contributed by atoms with Gasteiger partial charge in [-0.15, -0.1) is 0 Å². The highest BCUT2D eigenvalue weighted by atomic mass is 16.5. The summed E-state index contributed by atoms with van der Waals surface area (Å²) in [5.74, 6) is 1.74. The first-order valence-electron chi connectivity index (χ1n) is 8.65. The summed E-state index contributed by atoms with van der Waals surface area (Å²) >= 11 is 0. The molecule has 0 atom stereocenters. The van der Waals surface area contributed by atoms with Crippen LogP contribution in [0.15, 0.2) is 36.5 Å². The number of fused-ring (bicyclic) bond motifs is 2. The number of ether oxygens (including phenoxy) is 1. The summed E-state index contributed by atoms with van der Waals surface area (Å²) in [5, 5.41) is 16.5. The maximum absolute atomic E-state index is 5.45. The molecule has 0 saturated carbocycles. The Bertz CT molecular complexity index is 1080. The highest BCUT2D eigenvalue weighted by Crippen LogP contribution is 2.30. The molecule has 1 aliphatic rings. The summed E-state index contributed by atoms with van der Waals surface area (Å²) in [6, 6.07) is 10.1. The van der Waals surface area contributed by atoms with E-state index in [2.05, 4.69) is 43.6 Å². The van der Waals surface area contributed by atoms with Crippen molar-refractivity contribution in [2.24, 2.45) is 7.05 Å². The van der Waals surface area contributed by atoms with Crippen molar-refractivity contribution in [3.8, 4) is 0 Å². The molecule has 1 fully saturated rings. The number of nitrogens with one attached hydrogen (secondary N) is 2. The molecular formula is C18H19N7O. The SMILES string of the molecule is Cn1nc(N2CCOCC2)c2ccc(Nc3n[nH]c4cccnc34)cc21. The molecule has 4 aromatic rings. The van der Waals surface area contributed by atoms with Gasteiger partial charge in [-0.2, -0.15) is 10.2 Å². The van der Waals surface area contributed by atoms with Gasteiger partial charge in [0.25, 0.3) is 0 Å². The van der Waals surface area contributed by atoms with Crippen molar-refractivity contribution in [2.75, 3.05) is 36.5 Å². The number of H-pyrrole nitrogens is 1. The molecule has 1 aliphatic heterocycles. The second-order valence-corrected chi connectivity index (χ2v) is 6.38. The number of morpholine rings is 1. The average molecular weight is 349 g/mol. The summed E-state index contributed by atoms with van der Waals surface area (Å²) in [7, 11) is 1.97. The van der Waals surface area contributed by atoms with Crippen LogP contribution in [-0.2, 0) is 11.8 Å². The Morgan fingerprint density at radius 1 is 1.19 bits per heavy atom. The predicted octanol–water partition coefficient (Wildman–Crippen LogP) is 2.42. The largest absolute Gasteiger partial charge is 0.378 e. The van der Waals surface area contributed by atoms with Crippen molar-refractivity contribution in [3.63, 3.8) is 0 Å². The third-order valence-electron chi connectivity index (χ3n) is 4.73. The van der Waals surface area contributed by atoms with E-state index in [1.54, 1.807) is 6.20 Å². The molecule has 0 bridgehead atoms. The minimum atomic E-state index is 0.718. The van der Waals surface area contributed by atoms with Crippen molar-refractivity contribution in [1.29, 1.82) is 0 Å². The highest BCUT2D eigenvalue weighted by Gasteiger charge is 2.18. The fourth-order valence-corrected chi connectivity index (χ4v) is 3.40. The van der Waals surface area contributed by atoms with Crippen LogP contribution in [0.1, 0.15) is 0 Å². The van der Waals surface area contributed by atoms with Crippen LogP contribution < -0.4 is 10.2 Å². The first-order valence-corrected chi connectivity index (χ1v) is 8.65. The molecule has 0 unspecified atom stereocenters. The zero-order chi connectivity index (χ0) is 17.5. The Labute approximate surface area is 149 Å². The number of pyridine rings is 1. The Morgan fingerprint density at radius 3 is 2.96 bits per heavy atom. The molecule has 132 valence electrons. The monoisotopic (exact) mass is 349 g/mol. The smallest absolute Gasteiger partial charge is 0.178 e. The fourth-order valence-electron chi connectivity index (χ4n) is 3.40. The maximum Gasteiger partial charge on any atom is 0.178 e. The van der Waals surface area contributed by atoms with Crippen LogP contribution in [0.25, 0.3) is 21.9 Å². The third-order valence-corrected chi connectivity index (χ3v) is 4.73. The van der Waals surface area contributed by atoms with E-state index < -0.39 is 0 Å². The lowest BCUT2D eigenvalue weighted by Gasteiger charge is -2.26. The first kappa shape index (κ1) is 15.2. The normalized spacial score (nSPS) is 15.0. The average Bonchev–Trinajstić information content (AvgIpc) is 3.24. The summed E-state index contributed by atoms with van der Waals surface area (Å²) < 4.78 is 7.37. The topological polar surface area (TPSA) is 83.9 Å². The minimum absolute atomic E-state index is 0.718. The minimum Gasteiger partial charge on any atom is -0.378 e. The van der Waals surface area contributed by atoms with Crippen LogP contribution in [-0.4, -0.2) is 51.3 Å². The number of aromatic nitrogens is 5. The van der Waals surface area contributed by atoms with Crippen LogP contribution in [0.3, 0.4) is 0 Å². The first-order chi connectivity index (χ1) is 12.8.